The number of fused-ring (bicyclic) bond motifs is 1. The van der Waals surface area contributed by atoms with Crippen LogP contribution in [0.3, 0.4) is 0 Å². The van der Waals surface area contributed by atoms with Gasteiger partial charge in [0.05, 0.1) is 0 Å². The van der Waals surface area contributed by atoms with Crippen molar-refractivity contribution in [3.63, 3.8) is 0 Å². The van der Waals surface area contributed by atoms with Gasteiger partial charge < -0.3 is 14.6 Å². The molecule has 2 heterocycles. The van der Waals surface area contributed by atoms with Crippen molar-refractivity contribution in [2.24, 2.45) is 0 Å². The van der Waals surface area contributed by atoms with Gasteiger partial charge in [0.25, 0.3) is 5.91 Å². The van der Waals surface area contributed by atoms with Crippen molar-refractivity contribution in [1.82, 2.24) is 10.2 Å². The molecule has 0 bridgehead atoms. The Morgan fingerprint density at radius 2 is 2.28 bits per heavy atom. The van der Waals surface area contributed by atoms with Crippen LogP contribution in [0.1, 0.15) is 17.5 Å². The minimum Gasteiger partial charge on any atom is -0.451 e. The van der Waals surface area contributed by atoms with Crippen molar-refractivity contribution in [1.29, 1.82) is 0 Å². The number of furan rings is 1. The lowest BCUT2D eigenvalue weighted by molar-refractivity contribution is 0.0625. The van der Waals surface area contributed by atoms with E-state index in [1.165, 1.54) is 0 Å². The average molecular weight is 244 g/mol. The van der Waals surface area contributed by atoms with Gasteiger partial charge >= 0.3 is 0 Å². The number of amides is 1. The first kappa shape index (κ1) is 11.3. The van der Waals surface area contributed by atoms with E-state index in [0.717, 1.165) is 30.6 Å². The minimum atomic E-state index is -0.0137. The lowest BCUT2D eigenvalue weighted by Crippen LogP contribution is -2.52. The molecule has 0 radical (unpaired) electrons. The highest BCUT2D eigenvalue weighted by molar-refractivity contribution is 5.96. The van der Waals surface area contributed by atoms with Crippen LogP contribution in [-0.4, -0.2) is 36.5 Å². The first-order valence-corrected chi connectivity index (χ1v) is 6.26. The summed E-state index contributed by atoms with van der Waals surface area (Å²) in [6, 6.07) is 9.73. The maximum Gasteiger partial charge on any atom is 0.289 e. The van der Waals surface area contributed by atoms with Crippen molar-refractivity contribution in [3.8, 4) is 0 Å². The maximum absolute atomic E-state index is 12.4. The highest BCUT2D eigenvalue weighted by Gasteiger charge is 2.26. The van der Waals surface area contributed by atoms with Gasteiger partial charge in [0.1, 0.15) is 5.58 Å². The molecule has 1 atom stereocenters. The highest BCUT2D eigenvalue weighted by atomic mass is 16.3. The number of hydrogen-bond acceptors (Lipinski definition) is 3. The Kier molecular flexibility index (Phi) is 2.80. The zero-order valence-electron chi connectivity index (χ0n) is 10.3. The molecule has 3 rings (SSSR count). The summed E-state index contributed by atoms with van der Waals surface area (Å²) in [7, 11) is 0. The molecule has 1 aromatic carbocycles. The van der Waals surface area contributed by atoms with E-state index in [9.17, 15) is 4.79 Å². The van der Waals surface area contributed by atoms with E-state index in [0.29, 0.717) is 5.76 Å². The Bertz CT molecular complexity index is 543. The number of nitrogens with zero attached hydrogens (tertiary/aromatic N) is 1. The van der Waals surface area contributed by atoms with Crippen LogP contribution in [0.4, 0.5) is 0 Å². The third-order valence-electron chi connectivity index (χ3n) is 3.40. The van der Waals surface area contributed by atoms with Crippen LogP contribution >= 0.6 is 0 Å². The molecule has 1 aromatic heterocycles. The van der Waals surface area contributed by atoms with Crippen LogP contribution in [0.2, 0.25) is 0 Å². The predicted octanol–water partition coefficient (Wildman–Crippen LogP) is 1.87. The number of benzene rings is 1. The van der Waals surface area contributed by atoms with E-state index in [4.69, 9.17) is 4.42 Å². The third kappa shape index (κ3) is 1.88. The van der Waals surface area contributed by atoms with E-state index in [-0.39, 0.29) is 11.9 Å². The number of piperazine rings is 1. The molecule has 18 heavy (non-hydrogen) atoms. The number of nitrogens with one attached hydrogen (secondary N) is 1. The van der Waals surface area contributed by atoms with Crippen LogP contribution in [0, 0.1) is 0 Å². The first-order valence-electron chi connectivity index (χ1n) is 6.26. The molecule has 0 aliphatic carbocycles. The van der Waals surface area contributed by atoms with Gasteiger partial charge in [-0.05, 0) is 19.1 Å². The molecule has 1 N–H and O–H groups in total. The summed E-state index contributed by atoms with van der Waals surface area (Å²) in [6.07, 6.45) is 0. The van der Waals surface area contributed by atoms with Gasteiger partial charge in [-0.15, -0.1) is 0 Å². The lowest BCUT2D eigenvalue weighted by Gasteiger charge is -2.33. The molecule has 94 valence electrons. The second kappa shape index (κ2) is 4.46. The van der Waals surface area contributed by atoms with Crippen LogP contribution in [0.15, 0.2) is 34.7 Å². The van der Waals surface area contributed by atoms with Crippen LogP contribution < -0.4 is 5.32 Å². The summed E-state index contributed by atoms with van der Waals surface area (Å²) >= 11 is 0. The van der Waals surface area contributed by atoms with Crippen molar-refractivity contribution >= 4 is 16.9 Å². The molecular weight excluding hydrogens is 228 g/mol. The SMILES string of the molecule is CC1CNCCN1C(=O)c1cc2ccccc2o1. The van der Waals surface area contributed by atoms with Crippen molar-refractivity contribution in [3.05, 3.63) is 36.1 Å². The monoisotopic (exact) mass is 244 g/mol. The molecule has 0 spiro atoms. The van der Waals surface area contributed by atoms with E-state index in [2.05, 4.69) is 5.32 Å². The Labute approximate surface area is 106 Å². The summed E-state index contributed by atoms with van der Waals surface area (Å²) in [4.78, 5) is 14.3. The summed E-state index contributed by atoms with van der Waals surface area (Å²) in [5, 5.41) is 4.25. The van der Waals surface area contributed by atoms with Gasteiger partial charge in [-0.2, -0.15) is 0 Å². The minimum absolute atomic E-state index is 0.0137. The molecule has 1 amide bonds. The number of hydrogen-bond donors (Lipinski definition) is 1. The molecular formula is C14H16N2O2. The van der Waals surface area contributed by atoms with Gasteiger partial charge in [-0.3, -0.25) is 4.79 Å². The summed E-state index contributed by atoms with van der Waals surface area (Å²) in [5.41, 5.74) is 0.767. The van der Waals surface area contributed by atoms with Crippen molar-refractivity contribution < 1.29 is 9.21 Å². The fourth-order valence-electron chi connectivity index (χ4n) is 2.37. The van der Waals surface area contributed by atoms with Gasteiger partial charge in [-0.1, -0.05) is 18.2 Å². The van der Waals surface area contributed by atoms with E-state index >= 15 is 0 Å². The summed E-state index contributed by atoms with van der Waals surface area (Å²) in [5.74, 6) is 0.421. The van der Waals surface area contributed by atoms with E-state index < -0.39 is 0 Å². The smallest absolute Gasteiger partial charge is 0.289 e. The Morgan fingerprint density at radius 1 is 1.44 bits per heavy atom. The fraction of sp³-hybridized carbons (Fsp3) is 0.357. The molecule has 4 nitrogen and oxygen atoms in total. The molecule has 1 unspecified atom stereocenters. The van der Waals surface area contributed by atoms with E-state index in [1.54, 1.807) is 0 Å². The summed E-state index contributed by atoms with van der Waals surface area (Å²) < 4.78 is 5.62. The van der Waals surface area contributed by atoms with Crippen LogP contribution in [0.5, 0.6) is 0 Å². The Morgan fingerprint density at radius 3 is 3.06 bits per heavy atom. The molecule has 4 heteroatoms. The molecule has 0 saturated carbocycles. The zero-order valence-corrected chi connectivity index (χ0v) is 10.3. The Hall–Kier alpha value is -1.81. The highest BCUT2D eigenvalue weighted by Crippen LogP contribution is 2.21. The van der Waals surface area contributed by atoms with Gasteiger partial charge in [0.2, 0.25) is 0 Å². The Balaban J connectivity index is 1.91. The van der Waals surface area contributed by atoms with Crippen LogP contribution in [-0.2, 0) is 0 Å². The lowest BCUT2D eigenvalue weighted by atomic mass is 10.2. The van der Waals surface area contributed by atoms with Crippen LogP contribution in [0.25, 0.3) is 11.0 Å². The normalized spacial score (nSPS) is 20.3. The third-order valence-corrected chi connectivity index (χ3v) is 3.40. The summed E-state index contributed by atoms with van der Waals surface area (Å²) in [6.45, 7) is 4.46. The fourth-order valence-corrected chi connectivity index (χ4v) is 2.37. The number of carbonyl (C=O) groups is 1. The molecule has 1 saturated heterocycles. The van der Waals surface area contributed by atoms with Gasteiger partial charge in [-0.25, -0.2) is 0 Å². The first-order chi connectivity index (χ1) is 8.75. The molecule has 1 aliphatic heterocycles. The zero-order chi connectivity index (χ0) is 12.5. The standard InChI is InChI=1S/C14H16N2O2/c1-10-9-15-6-7-16(10)14(17)13-8-11-4-2-3-5-12(11)18-13/h2-5,8,10,15H,6-7,9H2,1H3. The maximum atomic E-state index is 12.4. The van der Waals surface area contributed by atoms with Crippen molar-refractivity contribution in [2.75, 3.05) is 19.6 Å². The molecule has 2 aromatic rings. The predicted molar refractivity (Wildman–Crippen MR) is 69.6 cm³/mol. The number of carbonyl (C=O) groups excluding carboxylic acids is 1. The largest absolute Gasteiger partial charge is 0.451 e. The van der Waals surface area contributed by atoms with E-state index in [1.807, 2.05) is 42.2 Å². The quantitative estimate of drug-likeness (QED) is 0.833. The number of para-hydroxylation sites is 1. The molecule has 1 fully saturated rings. The van der Waals surface area contributed by atoms with Gasteiger partial charge in [0, 0.05) is 31.1 Å². The molecule has 1 aliphatic rings. The topological polar surface area (TPSA) is 45.5 Å². The van der Waals surface area contributed by atoms with Gasteiger partial charge in [0.15, 0.2) is 5.76 Å². The van der Waals surface area contributed by atoms with Crippen molar-refractivity contribution in [2.45, 2.75) is 13.0 Å². The second-order valence-electron chi connectivity index (χ2n) is 4.70. The second-order valence-corrected chi connectivity index (χ2v) is 4.70. The average Bonchev–Trinajstić information content (AvgIpc) is 2.82. The number of rotatable bonds is 1.